The predicted molar refractivity (Wildman–Crippen MR) is 195 cm³/mol. The lowest BCUT2D eigenvalue weighted by atomic mass is 9.99. The highest BCUT2D eigenvalue weighted by Gasteiger charge is 2.38. The Hall–Kier alpha value is -4.73. The van der Waals surface area contributed by atoms with Gasteiger partial charge in [0, 0.05) is 6.54 Å². The third-order valence-corrected chi connectivity index (χ3v) is 7.36. The first-order chi connectivity index (χ1) is 25.1. The molecule has 0 bridgehead atoms. The van der Waals surface area contributed by atoms with Gasteiger partial charge in [0.1, 0.15) is 24.2 Å². The van der Waals surface area contributed by atoms with Crippen LogP contribution in [0.4, 0.5) is 13.2 Å². The maximum atomic E-state index is 13.6. The molecule has 318 valence electrons. The van der Waals surface area contributed by atoms with Crippen LogP contribution >= 0.6 is 0 Å². The van der Waals surface area contributed by atoms with Crippen molar-refractivity contribution in [1.82, 2.24) is 26.6 Å². The summed E-state index contributed by atoms with van der Waals surface area (Å²) in [6, 6.07) is -6.93. The fourth-order valence-electron chi connectivity index (χ4n) is 4.66. The molecular weight excluding hydrogens is 739 g/mol. The molecular formula is C33H60F3N9O10. The minimum atomic E-state index is -5.08. The van der Waals surface area contributed by atoms with E-state index in [4.69, 9.17) is 27.1 Å². The van der Waals surface area contributed by atoms with Crippen LogP contribution < -0.4 is 43.8 Å². The van der Waals surface area contributed by atoms with E-state index in [1.807, 2.05) is 27.7 Å². The third kappa shape index (κ3) is 23.6. The first kappa shape index (κ1) is 52.4. The average molecular weight is 800 g/mol. The summed E-state index contributed by atoms with van der Waals surface area (Å²) in [5.41, 5.74) is 16.7. The number of nitrogens with zero attached hydrogens (tertiary/aromatic N) is 1. The largest absolute Gasteiger partial charge is 0.490 e. The molecule has 0 radical (unpaired) electrons. The zero-order valence-electron chi connectivity index (χ0n) is 32.5. The number of nitrogens with two attached hydrogens (primary N) is 3. The van der Waals surface area contributed by atoms with Crippen LogP contribution in [-0.4, -0.2) is 118 Å². The fourth-order valence-corrected chi connectivity index (χ4v) is 4.66. The number of carboxylic acids is 2. The Morgan fingerprint density at radius 1 is 0.636 bits per heavy atom. The number of rotatable bonds is 22. The standard InChI is InChI=1S/C31H59N9O8.C2HF3O2/c1-15(2)12-20(32)26(43)36-18(7)25(42)37-21(10-9-11-35-31(33)34)27(44)38-22(13-16(3)4)28(45)39-23(14-17(5)6)29(46)40-24(19(8)41)30(47)48;3-2(4,5)1(6)7/h15-24,41H,9-14,32H2,1-8H3,(H,36,43)(H,37,42)(H,38,44)(H,39,45)(H,40,46)(H,47,48)(H4,33,34,35);(H,6,7)/t18-,19+,20-,21-,22-,23-,24-;/m0./s1. The lowest BCUT2D eigenvalue weighted by molar-refractivity contribution is -0.192. The number of carbonyl (C=O) groups excluding carboxylic acids is 5. The molecule has 14 N–H and O–H groups in total. The Kier molecular flexibility index (Phi) is 24.2. The topological polar surface area (TPSA) is 331 Å². The first-order valence-corrected chi connectivity index (χ1v) is 17.6. The molecule has 0 aliphatic heterocycles. The first-order valence-electron chi connectivity index (χ1n) is 17.6. The number of amides is 5. The fraction of sp³-hybridized carbons (Fsp3) is 0.758. The number of carbonyl (C=O) groups is 7. The normalized spacial score (nSPS) is 15.1. The molecule has 22 heteroatoms. The second kappa shape index (κ2) is 25.4. The molecule has 0 saturated carbocycles. The smallest absolute Gasteiger partial charge is 0.480 e. The number of guanidine groups is 1. The summed E-state index contributed by atoms with van der Waals surface area (Å²) in [5, 5.41) is 39.1. The van der Waals surface area contributed by atoms with E-state index in [0.29, 0.717) is 6.42 Å². The van der Waals surface area contributed by atoms with E-state index in [1.165, 1.54) is 13.8 Å². The number of aliphatic hydroxyl groups is 1. The average Bonchev–Trinajstić information content (AvgIpc) is 3.02. The van der Waals surface area contributed by atoms with Crippen molar-refractivity contribution in [3.63, 3.8) is 0 Å². The van der Waals surface area contributed by atoms with Gasteiger partial charge in [0.2, 0.25) is 29.5 Å². The van der Waals surface area contributed by atoms with Crippen LogP contribution in [0.1, 0.15) is 87.5 Å². The van der Waals surface area contributed by atoms with Crippen LogP contribution in [0.3, 0.4) is 0 Å². The third-order valence-electron chi connectivity index (χ3n) is 7.36. The van der Waals surface area contributed by atoms with E-state index in [1.54, 1.807) is 13.8 Å². The Morgan fingerprint density at radius 2 is 1.04 bits per heavy atom. The molecule has 19 nitrogen and oxygen atoms in total. The van der Waals surface area contributed by atoms with Crippen molar-refractivity contribution in [1.29, 1.82) is 0 Å². The van der Waals surface area contributed by atoms with E-state index in [0.717, 1.165) is 0 Å². The summed E-state index contributed by atoms with van der Waals surface area (Å²) in [6.45, 7) is 13.9. The van der Waals surface area contributed by atoms with Gasteiger partial charge in [0.25, 0.3) is 0 Å². The zero-order chi connectivity index (χ0) is 43.4. The maximum Gasteiger partial charge on any atom is 0.490 e. The number of nitrogens with one attached hydrogen (secondary N) is 5. The molecule has 0 saturated heterocycles. The summed E-state index contributed by atoms with van der Waals surface area (Å²) >= 11 is 0. The quantitative estimate of drug-likeness (QED) is 0.0358. The van der Waals surface area contributed by atoms with Crippen LogP contribution in [-0.2, 0) is 33.6 Å². The summed E-state index contributed by atoms with van der Waals surface area (Å²) in [5.74, 6) is -7.77. The highest BCUT2D eigenvalue weighted by atomic mass is 19.4. The van der Waals surface area contributed by atoms with Crippen LogP contribution in [0.2, 0.25) is 0 Å². The minimum absolute atomic E-state index is 0.0756. The lowest BCUT2D eigenvalue weighted by Gasteiger charge is -2.28. The summed E-state index contributed by atoms with van der Waals surface area (Å²) in [6.07, 6.45) is -5.42. The van der Waals surface area contributed by atoms with Gasteiger partial charge < -0.3 is 59.1 Å². The Morgan fingerprint density at radius 3 is 1.40 bits per heavy atom. The zero-order valence-corrected chi connectivity index (χ0v) is 32.5. The van der Waals surface area contributed by atoms with Gasteiger partial charge >= 0.3 is 18.1 Å². The highest BCUT2D eigenvalue weighted by molar-refractivity contribution is 5.96. The summed E-state index contributed by atoms with van der Waals surface area (Å²) in [4.78, 5) is 90.1. The van der Waals surface area contributed by atoms with Crippen molar-refractivity contribution in [2.24, 2.45) is 39.9 Å². The molecule has 0 unspecified atom stereocenters. The lowest BCUT2D eigenvalue weighted by Crippen LogP contribution is -2.59. The van der Waals surface area contributed by atoms with Crippen molar-refractivity contribution in [2.75, 3.05) is 6.54 Å². The molecule has 0 heterocycles. The van der Waals surface area contributed by atoms with E-state index in [2.05, 4.69) is 31.6 Å². The number of aliphatic imine (C=N–C) groups is 1. The Labute approximate surface area is 318 Å². The molecule has 0 rings (SSSR count). The maximum absolute atomic E-state index is 13.6. The number of carboxylic acid groups (broad SMARTS) is 2. The van der Waals surface area contributed by atoms with Crippen molar-refractivity contribution in [3.05, 3.63) is 0 Å². The van der Waals surface area contributed by atoms with Gasteiger partial charge in [-0.25, -0.2) is 9.59 Å². The Balaban J connectivity index is 0. The van der Waals surface area contributed by atoms with Crippen LogP contribution in [0, 0.1) is 17.8 Å². The van der Waals surface area contributed by atoms with Crippen molar-refractivity contribution in [3.8, 4) is 0 Å². The summed E-state index contributed by atoms with van der Waals surface area (Å²) in [7, 11) is 0. The number of aliphatic hydroxyl groups excluding tert-OH is 1. The van der Waals surface area contributed by atoms with E-state index in [-0.39, 0.29) is 55.9 Å². The van der Waals surface area contributed by atoms with E-state index in [9.17, 15) is 52.2 Å². The van der Waals surface area contributed by atoms with Gasteiger partial charge in [0.15, 0.2) is 12.0 Å². The van der Waals surface area contributed by atoms with Crippen molar-refractivity contribution < 1.29 is 62.1 Å². The van der Waals surface area contributed by atoms with E-state index < -0.39 is 90.0 Å². The van der Waals surface area contributed by atoms with Crippen molar-refractivity contribution in [2.45, 2.75) is 136 Å². The number of aliphatic carboxylic acids is 2. The minimum Gasteiger partial charge on any atom is -0.480 e. The predicted octanol–water partition coefficient (Wildman–Crippen LogP) is -0.952. The molecule has 55 heavy (non-hydrogen) atoms. The number of halogens is 3. The molecule has 5 amide bonds. The van der Waals surface area contributed by atoms with Gasteiger partial charge in [-0.1, -0.05) is 41.5 Å². The molecule has 7 atom stereocenters. The molecule has 0 aliphatic rings. The molecule has 0 aromatic heterocycles. The van der Waals surface area contributed by atoms with Gasteiger partial charge in [-0.3, -0.25) is 29.0 Å². The van der Waals surface area contributed by atoms with Gasteiger partial charge in [-0.15, -0.1) is 0 Å². The van der Waals surface area contributed by atoms with Crippen molar-refractivity contribution >= 4 is 47.4 Å². The second-order valence-corrected chi connectivity index (χ2v) is 14.2. The van der Waals surface area contributed by atoms with Crippen LogP contribution in [0.25, 0.3) is 0 Å². The summed E-state index contributed by atoms with van der Waals surface area (Å²) < 4.78 is 31.7. The van der Waals surface area contributed by atoms with Gasteiger partial charge in [0.05, 0.1) is 12.1 Å². The number of hydrogen-bond donors (Lipinski definition) is 11. The highest BCUT2D eigenvalue weighted by Crippen LogP contribution is 2.13. The molecule has 0 spiro atoms. The van der Waals surface area contributed by atoms with Crippen LogP contribution in [0.15, 0.2) is 4.99 Å². The Bertz CT molecular complexity index is 1310. The second-order valence-electron chi connectivity index (χ2n) is 14.2. The van der Waals surface area contributed by atoms with E-state index >= 15 is 0 Å². The molecule has 0 aliphatic carbocycles. The monoisotopic (exact) mass is 799 g/mol. The van der Waals surface area contributed by atoms with Crippen LogP contribution in [0.5, 0.6) is 0 Å². The SMILES string of the molecule is CC(C)C[C@H](NC(=O)[C@H](CCCN=C(N)N)NC(=O)[C@H](C)NC(=O)[C@@H](N)CC(C)C)C(=O)N[C@@H](CC(C)C)C(=O)N[C@H](C(=O)O)[C@@H](C)O.O=C(O)C(F)(F)F. The molecule has 0 fully saturated rings. The van der Waals surface area contributed by atoms with Gasteiger partial charge in [-0.2, -0.15) is 13.2 Å². The molecule has 0 aromatic rings. The van der Waals surface area contributed by atoms with Gasteiger partial charge in [-0.05, 0) is 63.7 Å². The molecule has 0 aromatic carbocycles. The number of hydrogen-bond acceptors (Lipinski definition) is 10. The number of alkyl halides is 3.